The van der Waals surface area contributed by atoms with Gasteiger partial charge in [0.25, 0.3) is 5.91 Å². The Kier molecular flexibility index (Phi) is 2.45. The number of nitrogen functional groups attached to an aromatic ring is 1. The molecule has 7 heteroatoms. The summed E-state index contributed by atoms with van der Waals surface area (Å²) >= 11 is 1.38. The van der Waals surface area contributed by atoms with Crippen LogP contribution in [0.15, 0.2) is 30.5 Å². The molecule has 0 bridgehead atoms. The highest BCUT2D eigenvalue weighted by Gasteiger charge is 2.10. The van der Waals surface area contributed by atoms with Crippen LogP contribution in [0.5, 0.6) is 0 Å². The van der Waals surface area contributed by atoms with Gasteiger partial charge in [0.1, 0.15) is 5.69 Å². The van der Waals surface area contributed by atoms with E-state index in [-0.39, 0.29) is 5.91 Å². The number of nitrogens with two attached hydrogens (primary N) is 1. The van der Waals surface area contributed by atoms with E-state index in [0.717, 1.165) is 10.2 Å². The highest BCUT2D eigenvalue weighted by Crippen LogP contribution is 2.27. The Bertz CT molecular complexity index is 703. The molecule has 2 aromatic heterocycles. The van der Waals surface area contributed by atoms with Crippen molar-refractivity contribution in [3.05, 3.63) is 36.2 Å². The number of rotatable bonds is 2. The number of nitrogens with one attached hydrogen (secondary N) is 2. The molecular weight excluding hydrogens is 250 g/mol. The second-order valence-corrected chi connectivity index (χ2v) is 4.70. The van der Waals surface area contributed by atoms with E-state index in [4.69, 9.17) is 5.73 Å². The minimum absolute atomic E-state index is 0.264. The molecule has 90 valence electrons. The Hall–Kier alpha value is -2.41. The molecule has 0 atom stereocenters. The van der Waals surface area contributed by atoms with E-state index < -0.39 is 0 Å². The highest BCUT2D eigenvalue weighted by atomic mass is 32.1. The van der Waals surface area contributed by atoms with E-state index in [1.54, 1.807) is 12.1 Å². The molecule has 3 aromatic rings. The van der Waals surface area contributed by atoms with Crippen LogP contribution < -0.4 is 11.1 Å². The van der Waals surface area contributed by atoms with E-state index in [9.17, 15) is 4.79 Å². The molecule has 1 aromatic carbocycles. The number of anilines is 2. The lowest BCUT2D eigenvalue weighted by molar-refractivity contribution is 0.102. The van der Waals surface area contributed by atoms with Crippen molar-refractivity contribution in [2.24, 2.45) is 0 Å². The molecular formula is C11H9N5OS. The van der Waals surface area contributed by atoms with Crippen LogP contribution in [0.25, 0.3) is 10.2 Å². The zero-order valence-electron chi connectivity index (χ0n) is 9.18. The quantitative estimate of drug-likeness (QED) is 0.612. The second kappa shape index (κ2) is 4.11. The van der Waals surface area contributed by atoms with Crippen LogP contribution in [0.1, 0.15) is 10.5 Å². The number of hydrogen-bond acceptors (Lipinski definition) is 5. The molecule has 0 aliphatic carbocycles. The summed E-state index contributed by atoms with van der Waals surface area (Å²) in [4.78, 5) is 16.1. The first-order chi connectivity index (χ1) is 8.72. The smallest absolute Gasteiger partial charge is 0.275 e. The van der Waals surface area contributed by atoms with E-state index in [1.807, 2.05) is 12.1 Å². The van der Waals surface area contributed by atoms with Gasteiger partial charge in [-0.25, -0.2) is 4.98 Å². The fourth-order valence-electron chi connectivity index (χ4n) is 1.54. The Labute approximate surface area is 106 Å². The standard InChI is InChI=1S/C11H9N5OS/c12-6-1-2-7-9(5-6)18-11(14-7)15-10(17)8-3-4-13-16-8/h1-5H,12H2,(H,13,16)(H,14,15,17). The summed E-state index contributed by atoms with van der Waals surface area (Å²) in [6, 6.07) is 7.04. The molecule has 4 N–H and O–H groups in total. The summed E-state index contributed by atoms with van der Waals surface area (Å²) < 4.78 is 0.940. The molecule has 0 saturated carbocycles. The topological polar surface area (TPSA) is 96.7 Å². The van der Waals surface area contributed by atoms with Gasteiger partial charge >= 0.3 is 0 Å². The van der Waals surface area contributed by atoms with Crippen molar-refractivity contribution in [1.29, 1.82) is 0 Å². The second-order valence-electron chi connectivity index (χ2n) is 3.67. The lowest BCUT2D eigenvalue weighted by Gasteiger charge is -1.96. The van der Waals surface area contributed by atoms with Crippen molar-refractivity contribution < 1.29 is 4.79 Å². The fraction of sp³-hybridized carbons (Fsp3) is 0. The summed E-state index contributed by atoms with van der Waals surface area (Å²) in [5.41, 5.74) is 7.58. The molecule has 0 radical (unpaired) electrons. The van der Waals surface area contributed by atoms with E-state index >= 15 is 0 Å². The SMILES string of the molecule is Nc1ccc2nc(NC(=O)c3ccn[nH]3)sc2c1. The zero-order chi connectivity index (χ0) is 12.5. The van der Waals surface area contributed by atoms with Crippen LogP contribution in [0, 0.1) is 0 Å². The van der Waals surface area contributed by atoms with Gasteiger partial charge in [-0.3, -0.25) is 15.2 Å². The van der Waals surface area contributed by atoms with Gasteiger partial charge in [-0.05, 0) is 24.3 Å². The lowest BCUT2D eigenvalue weighted by Crippen LogP contribution is -2.11. The third-order valence-electron chi connectivity index (χ3n) is 2.38. The molecule has 0 fully saturated rings. The first-order valence-corrected chi connectivity index (χ1v) is 6.01. The third-order valence-corrected chi connectivity index (χ3v) is 3.31. The lowest BCUT2D eigenvalue weighted by atomic mass is 10.3. The van der Waals surface area contributed by atoms with Crippen molar-refractivity contribution in [3.63, 3.8) is 0 Å². The van der Waals surface area contributed by atoms with Crippen molar-refractivity contribution in [2.75, 3.05) is 11.1 Å². The normalized spacial score (nSPS) is 10.7. The predicted molar refractivity (Wildman–Crippen MR) is 70.6 cm³/mol. The van der Waals surface area contributed by atoms with Gasteiger partial charge in [0.15, 0.2) is 5.13 Å². The van der Waals surface area contributed by atoms with Crippen molar-refractivity contribution in [2.45, 2.75) is 0 Å². The molecule has 1 amide bonds. The first kappa shape index (κ1) is 10.7. The van der Waals surface area contributed by atoms with Gasteiger partial charge in [-0.1, -0.05) is 11.3 Å². The predicted octanol–water partition coefficient (Wildman–Crippen LogP) is 1.85. The summed E-state index contributed by atoms with van der Waals surface area (Å²) in [5.74, 6) is -0.264. The third kappa shape index (κ3) is 1.91. The number of amides is 1. The average molecular weight is 259 g/mol. The van der Waals surface area contributed by atoms with Crippen molar-refractivity contribution >= 4 is 38.3 Å². The molecule has 0 spiro atoms. The maximum atomic E-state index is 11.8. The van der Waals surface area contributed by atoms with Gasteiger partial charge in [0, 0.05) is 11.9 Å². The summed E-state index contributed by atoms with van der Waals surface area (Å²) in [6.45, 7) is 0. The monoisotopic (exact) mass is 259 g/mol. The molecule has 18 heavy (non-hydrogen) atoms. The number of aromatic nitrogens is 3. The van der Waals surface area contributed by atoms with Crippen molar-refractivity contribution in [3.8, 4) is 0 Å². The number of nitrogens with zero attached hydrogens (tertiary/aromatic N) is 2. The minimum atomic E-state index is -0.264. The maximum Gasteiger partial charge on any atom is 0.275 e. The van der Waals surface area contributed by atoms with E-state index in [0.29, 0.717) is 16.5 Å². The van der Waals surface area contributed by atoms with Crippen molar-refractivity contribution in [1.82, 2.24) is 15.2 Å². The maximum absolute atomic E-state index is 11.8. The Morgan fingerprint density at radius 1 is 1.39 bits per heavy atom. The number of carbonyl (C=O) groups excluding carboxylic acids is 1. The molecule has 0 unspecified atom stereocenters. The fourth-order valence-corrected chi connectivity index (χ4v) is 2.45. The number of thiazole rings is 1. The van der Waals surface area contributed by atoms with Gasteiger partial charge < -0.3 is 5.73 Å². The summed E-state index contributed by atoms with van der Waals surface area (Å²) in [5, 5.41) is 9.56. The van der Waals surface area contributed by atoms with Gasteiger partial charge in [-0.2, -0.15) is 5.10 Å². The largest absolute Gasteiger partial charge is 0.399 e. The van der Waals surface area contributed by atoms with Crippen LogP contribution in [0.3, 0.4) is 0 Å². The Morgan fingerprint density at radius 3 is 3.06 bits per heavy atom. The zero-order valence-corrected chi connectivity index (χ0v) is 9.99. The minimum Gasteiger partial charge on any atom is -0.399 e. The van der Waals surface area contributed by atoms with E-state index in [2.05, 4.69) is 20.5 Å². The van der Waals surface area contributed by atoms with Gasteiger partial charge in [0.05, 0.1) is 10.2 Å². The number of aromatic amines is 1. The van der Waals surface area contributed by atoms with Crippen LogP contribution >= 0.6 is 11.3 Å². The summed E-state index contributed by atoms with van der Waals surface area (Å²) in [7, 11) is 0. The molecule has 0 aliphatic rings. The summed E-state index contributed by atoms with van der Waals surface area (Å²) in [6.07, 6.45) is 1.52. The van der Waals surface area contributed by atoms with Gasteiger partial charge in [0.2, 0.25) is 0 Å². The highest BCUT2D eigenvalue weighted by molar-refractivity contribution is 7.22. The molecule has 0 aliphatic heterocycles. The van der Waals surface area contributed by atoms with Crippen LogP contribution in [-0.2, 0) is 0 Å². The average Bonchev–Trinajstić information content (AvgIpc) is 2.95. The van der Waals surface area contributed by atoms with E-state index in [1.165, 1.54) is 17.5 Å². The number of H-pyrrole nitrogens is 1. The number of benzene rings is 1. The number of carbonyl (C=O) groups is 1. The number of fused-ring (bicyclic) bond motifs is 1. The first-order valence-electron chi connectivity index (χ1n) is 5.19. The van der Waals surface area contributed by atoms with Crippen LogP contribution in [-0.4, -0.2) is 21.1 Å². The molecule has 3 rings (SSSR count). The molecule has 6 nitrogen and oxygen atoms in total. The van der Waals surface area contributed by atoms with Crippen LogP contribution in [0.4, 0.5) is 10.8 Å². The molecule has 2 heterocycles. The van der Waals surface area contributed by atoms with Crippen LogP contribution in [0.2, 0.25) is 0 Å². The Morgan fingerprint density at radius 2 is 2.28 bits per heavy atom. The molecule has 0 saturated heterocycles. The van der Waals surface area contributed by atoms with Gasteiger partial charge in [-0.15, -0.1) is 0 Å². The number of hydrogen-bond donors (Lipinski definition) is 3. The Balaban J connectivity index is 1.89.